The lowest BCUT2D eigenvalue weighted by Gasteiger charge is -2.09. The maximum atomic E-state index is 11.6. The summed E-state index contributed by atoms with van der Waals surface area (Å²) in [4.78, 5) is 23.0. The number of carbonyl (C=O) groups is 2. The Morgan fingerprint density at radius 3 is 2.68 bits per heavy atom. The van der Waals surface area contributed by atoms with E-state index < -0.39 is 6.09 Å². The molecule has 0 heterocycles. The van der Waals surface area contributed by atoms with Gasteiger partial charge in [-0.15, -0.1) is 6.58 Å². The number of nitrogens with one attached hydrogen (secondary N) is 1. The molecule has 0 aliphatic rings. The van der Waals surface area contributed by atoms with E-state index in [4.69, 9.17) is 4.74 Å². The van der Waals surface area contributed by atoms with Gasteiger partial charge in [0.2, 0.25) is 0 Å². The molecular weight excluding hydrogens is 242 g/mol. The predicted molar refractivity (Wildman–Crippen MR) is 73.6 cm³/mol. The highest BCUT2D eigenvalue weighted by Crippen LogP contribution is 2.03. The molecule has 0 radical (unpaired) electrons. The standard InChI is InChI=1S/C15H19NO3/c1-3-7-12(2)14(17)10-16-15(18)19-11-13-8-5-4-6-9-13/h3-6,8-9,12H,1,7,10-11H2,2H3,(H,16,18). The first-order valence-electron chi connectivity index (χ1n) is 6.21. The van der Waals surface area contributed by atoms with Gasteiger partial charge < -0.3 is 10.1 Å². The molecule has 19 heavy (non-hydrogen) atoms. The monoisotopic (exact) mass is 261 g/mol. The van der Waals surface area contributed by atoms with Crippen LogP contribution in [0.15, 0.2) is 43.0 Å². The average molecular weight is 261 g/mol. The van der Waals surface area contributed by atoms with E-state index in [0.717, 1.165) is 5.56 Å². The molecule has 1 rings (SSSR count). The summed E-state index contributed by atoms with van der Waals surface area (Å²) < 4.78 is 5.00. The van der Waals surface area contributed by atoms with E-state index in [0.29, 0.717) is 6.42 Å². The van der Waals surface area contributed by atoms with Gasteiger partial charge in [-0.05, 0) is 12.0 Å². The van der Waals surface area contributed by atoms with Crippen LogP contribution in [-0.2, 0) is 16.1 Å². The van der Waals surface area contributed by atoms with Crippen LogP contribution in [0.3, 0.4) is 0 Å². The summed E-state index contributed by atoms with van der Waals surface area (Å²) in [6, 6.07) is 9.37. The Morgan fingerprint density at radius 1 is 1.37 bits per heavy atom. The van der Waals surface area contributed by atoms with Gasteiger partial charge >= 0.3 is 6.09 Å². The number of alkyl carbamates (subject to hydrolysis) is 1. The highest BCUT2D eigenvalue weighted by molar-refractivity contribution is 5.85. The third-order valence-corrected chi connectivity index (χ3v) is 2.69. The lowest BCUT2D eigenvalue weighted by molar-refractivity contribution is -0.121. The number of hydrogen-bond acceptors (Lipinski definition) is 3. The van der Waals surface area contributed by atoms with Crippen LogP contribution in [0.1, 0.15) is 18.9 Å². The van der Waals surface area contributed by atoms with Gasteiger partial charge in [0.15, 0.2) is 5.78 Å². The second-order valence-electron chi connectivity index (χ2n) is 4.31. The number of hydrogen-bond donors (Lipinski definition) is 1. The molecule has 0 aromatic heterocycles. The van der Waals surface area contributed by atoms with Gasteiger partial charge in [0.05, 0.1) is 6.54 Å². The summed E-state index contributed by atoms with van der Waals surface area (Å²) in [5.41, 5.74) is 0.906. The number of amides is 1. The van der Waals surface area contributed by atoms with Gasteiger partial charge in [-0.25, -0.2) is 4.79 Å². The van der Waals surface area contributed by atoms with Crippen LogP contribution in [0.4, 0.5) is 4.79 Å². The number of carbonyl (C=O) groups excluding carboxylic acids is 2. The lowest BCUT2D eigenvalue weighted by atomic mass is 10.0. The fourth-order valence-corrected chi connectivity index (χ4v) is 1.49. The molecule has 102 valence electrons. The SMILES string of the molecule is C=CCC(C)C(=O)CNC(=O)OCc1ccccc1. The normalized spacial score (nSPS) is 11.4. The van der Waals surface area contributed by atoms with Crippen molar-refractivity contribution in [2.75, 3.05) is 6.54 Å². The largest absolute Gasteiger partial charge is 0.445 e. The van der Waals surface area contributed by atoms with E-state index in [9.17, 15) is 9.59 Å². The van der Waals surface area contributed by atoms with Crippen molar-refractivity contribution in [3.05, 3.63) is 48.6 Å². The molecule has 0 aliphatic heterocycles. The first-order chi connectivity index (χ1) is 9.13. The Hall–Kier alpha value is -2.10. The van der Waals surface area contributed by atoms with Gasteiger partial charge in [-0.1, -0.05) is 43.3 Å². The van der Waals surface area contributed by atoms with Crippen molar-refractivity contribution < 1.29 is 14.3 Å². The molecule has 0 spiro atoms. The molecule has 0 bridgehead atoms. The van der Waals surface area contributed by atoms with Crippen molar-refractivity contribution in [1.29, 1.82) is 0 Å². The fraction of sp³-hybridized carbons (Fsp3) is 0.333. The summed E-state index contributed by atoms with van der Waals surface area (Å²) in [7, 11) is 0. The summed E-state index contributed by atoms with van der Waals surface area (Å²) in [5, 5.41) is 2.45. The summed E-state index contributed by atoms with van der Waals surface area (Å²) in [6.45, 7) is 5.57. The first-order valence-corrected chi connectivity index (χ1v) is 6.21. The van der Waals surface area contributed by atoms with Crippen molar-refractivity contribution in [2.24, 2.45) is 5.92 Å². The number of ketones is 1. The maximum absolute atomic E-state index is 11.6. The minimum atomic E-state index is -0.581. The van der Waals surface area contributed by atoms with Gasteiger partial charge in [0, 0.05) is 5.92 Å². The van der Waals surface area contributed by atoms with Gasteiger partial charge in [-0.3, -0.25) is 4.79 Å². The molecule has 4 nitrogen and oxygen atoms in total. The molecule has 1 N–H and O–H groups in total. The minimum Gasteiger partial charge on any atom is -0.445 e. The highest BCUT2D eigenvalue weighted by Gasteiger charge is 2.12. The first kappa shape index (κ1) is 15.0. The molecule has 0 aliphatic carbocycles. The Balaban J connectivity index is 2.25. The molecule has 0 saturated carbocycles. The van der Waals surface area contributed by atoms with Crippen LogP contribution in [0.5, 0.6) is 0 Å². The fourth-order valence-electron chi connectivity index (χ4n) is 1.49. The molecule has 4 heteroatoms. The quantitative estimate of drug-likeness (QED) is 0.768. The number of rotatable bonds is 7. The second-order valence-corrected chi connectivity index (χ2v) is 4.31. The van der Waals surface area contributed by atoms with Gasteiger partial charge in [-0.2, -0.15) is 0 Å². The van der Waals surface area contributed by atoms with Crippen LogP contribution in [-0.4, -0.2) is 18.4 Å². The van der Waals surface area contributed by atoms with Crippen molar-refractivity contribution in [3.63, 3.8) is 0 Å². The number of Topliss-reactive ketones (excluding diaryl/α,β-unsaturated/α-hetero) is 1. The average Bonchev–Trinajstić information content (AvgIpc) is 2.43. The second kappa shape index (κ2) is 8.08. The van der Waals surface area contributed by atoms with Crippen LogP contribution >= 0.6 is 0 Å². The summed E-state index contributed by atoms with van der Waals surface area (Å²) in [5.74, 6) is -0.163. The molecule has 1 amide bonds. The zero-order valence-corrected chi connectivity index (χ0v) is 11.1. The van der Waals surface area contributed by atoms with E-state index in [-0.39, 0.29) is 24.9 Å². The van der Waals surface area contributed by atoms with E-state index in [2.05, 4.69) is 11.9 Å². The minimum absolute atomic E-state index is 0.0113. The van der Waals surface area contributed by atoms with E-state index in [1.165, 1.54) is 0 Å². The molecule has 1 aromatic rings. The topological polar surface area (TPSA) is 55.4 Å². The Bertz CT molecular complexity index is 428. The number of allylic oxidation sites excluding steroid dienone is 1. The van der Waals surface area contributed by atoms with Crippen LogP contribution in [0, 0.1) is 5.92 Å². The molecule has 1 unspecified atom stereocenters. The maximum Gasteiger partial charge on any atom is 0.407 e. The highest BCUT2D eigenvalue weighted by atomic mass is 16.5. The Labute approximate surface area is 113 Å². The van der Waals surface area contributed by atoms with Crippen molar-refractivity contribution in [2.45, 2.75) is 20.0 Å². The van der Waals surface area contributed by atoms with Crippen molar-refractivity contribution in [3.8, 4) is 0 Å². The zero-order chi connectivity index (χ0) is 14.1. The number of ether oxygens (including phenoxy) is 1. The van der Waals surface area contributed by atoms with Gasteiger partial charge in [0.25, 0.3) is 0 Å². The Morgan fingerprint density at radius 2 is 2.05 bits per heavy atom. The van der Waals surface area contributed by atoms with Crippen molar-refractivity contribution >= 4 is 11.9 Å². The lowest BCUT2D eigenvalue weighted by Crippen LogP contribution is -2.32. The van der Waals surface area contributed by atoms with E-state index in [1.54, 1.807) is 13.0 Å². The van der Waals surface area contributed by atoms with E-state index in [1.807, 2.05) is 30.3 Å². The summed E-state index contributed by atoms with van der Waals surface area (Å²) >= 11 is 0. The molecule has 0 saturated heterocycles. The summed E-state index contributed by atoms with van der Waals surface area (Å²) in [6.07, 6.45) is 1.72. The van der Waals surface area contributed by atoms with Crippen LogP contribution < -0.4 is 5.32 Å². The molecular formula is C15H19NO3. The number of benzene rings is 1. The smallest absolute Gasteiger partial charge is 0.407 e. The van der Waals surface area contributed by atoms with Crippen LogP contribution in [0.2, 0.25) is 0 Å². The van der Waals surface area contributed by atoms with Crippen LogP contribution in [0.25, 0.3) is 0 Å². The van der Waals surface area contributed by atoms with Crippen molar-refractivity contribution in [1.82, 2.24) is 5.32 Å². The molecule has 0 fully saturated rings. The zero-order valence-electron chi connectivity index (χ0n) is 11.1. The Kier molecular flexibility index (Phi) is 6.36. The molecule has 1 aromatic carbocycles. The molecule has 1 atom stereocenters. The predicted octanol–water partition coefficient (Wildman–Crippen LogP) is 2.69. The van der Waals surface area contributed by atoms with Gasteiger partial charge in [0.1, 0.15) is 6.61 Å². The third-order valence-electron chi connectivity index (χ3n) is 2.69. The third kappa shape index (κ3) is 5.86. The van der Waals surface area contributed by atoms with E-state index >= 15 is 0 Å².